The first kappa shape index (κ1) is 23.7. The van der Waals surface area contributed by atoms with Crippen LogP contribution in [0.1, 0.15) is 23.1 Å². The quantitative estimate of drug-likeness (QED) is 0.452. The number of nitrogens with one attached hydrogen (secondary N) is 2. The molecule has 1 aromatic carbocycles. The van der Waals surface area contributed by atoms with Crippen LogP contribution in [0.25, 0.3) is 10.9 Å². The maximum Gasteiger partial charge on any atom is 0.253 e. The average Bonchev–Trinajstić information content (AvgIpc) is 2.78. The van der Waals surface area contributed by atoms with Gasteiger partial charge in [-0.2, -0.15) is 0 Å². The molecule has 7 nitrogen and oxygen atoms in total. The summed E-state index contributed by atoms with van der Waals surface area (Å²) in [5, 5.41) is 5.08. The van der Waals surface area contributed by atoms with Gasteiger partial charge < -0.3 is 24.7 Å². The summed E-state index contributed by atoms with van der Waals surface area (Å²) in [7, 11) is 1.70. The summed E-state index contributed by atoms with van der Waals surface area (Å²) in [6.07, 6.45) is 0.878. The van der Waals surface area contributed by atoms with Crippen molar-refractivity contribution in [3.8, 4) is 0 Å². The van der Waals surface area contributed by atoms with Crippen LogP contribution in [-0.2, 0) is 16.0 Å². The number of hydrogen-bond acceptors (Lipinski definition) is 5. The molecule has 0 atom stereocenters. The number of pyridine rings is 1. The van der Waals surface area contributed by atoms with Gasteiger partial charge in [0.15, 0.2) is 5.11 Å². The monoisotopic (exact) mass is 446 g/mol. The maximum atomic E-state index is 12.9. The van der Waals surface area contributed by atoms with Gasteiger partial charge in [0.05, 0.1) is 25.3 Å². The van der Waals surface area contributed by atoms with Crippen LogP contribution in [0.2, 0.25) is 0 Å². The Morgan fingerprint density at radius 1 is 1.29 bits per heavy atom. The molecule has 0 amide bonds. The van der Waals surface area contributed by atoms with E-state index in [2.05, 4.69) is 33.1 Å². The second-order valence-corrected chi connectivity index (χ2v) is 8.45. The van der Waals surface area contributed by atoms with Crippen molar-refractivity contribution >= 4 is 28.2 Å². The molecule has 1 aliphatic rings. The van der Waals surface area contributed by atoms with E-state index in [1.54, 1.807) is 7.11 Å². The number of aryl methyl sites for hydroxylation is 2. The second-order valence-electron chi connectivity index (χ2n) is 8.07. The number of methoxy groups -OCH3 is 1. The Kier molecular flexibility index (Phi) is 8.83. The lowest BCUT2D eigenvalue weighted by Crippen LogP contribution is -2.46. The molecule has 8 heteroatoms. The number of nitrogens with zero attached hydrogens (tertiary/aromatic N) is 2. The van der Waals surface area contributed by atoms with Crippen molar-refractivity contribution in [2.75, 3.05) is 59.7 Å². The van der Waals surface area contributed by atoms with Crippen LogP contribution in [0.3, 0.4) is 0 Å². The van der Waals surface area contributed by atoms with Crippen LogP contribution in [0.15, 0.2) is 23.0 Å². The van der Waals surface area contributed by atoms with Gasteiger partial charge in [-0.1, -0.05) is 12.1 Å². The molecule has 170 valence electrons. The fourth-order valence-corrected chi connectivity index (χ4v) is 4.06. The molecule has 3 rings (SSSR count). The van der Waals surface area contributed by atoms with E-state index in [0.29, 0.717) is 18.3 Å². The highest BCUT2D eigenvalue weighted by atomic mass is 32.1. The van der Waals surface area contributed by atoms with Crippen LogP contribution < -0.4 is 10.9 Å². The van der Waals surface area contributed by atoms with Gasteiger partial charge in [-0.3, -0.25) is 9.69 Å². The summed E-state index contributed by atoms with van der Waals surface area (Å²) >= 11 is 5.70. The van der Waals surface area contributed by atoms with Crippen LogP contribution in [0.4, 0.5) is 0 Å². The summed E-state index contributed by atoms with van der Waals surface area (Å²) in [5.41, 5.74) is 3.81. The molecule has 0 radical (unpaired) electrons. The van der Waals surface area contributed by atoms with Crippen LogP contribution >= 0.6 is 12.2 Å². The molecule has 1 fully saturated rings. The molecule has 0 aliphatic carbocycles. The van der Waals surface area contributed by atoms with Crippen molar-refractivity contribution in [1.29, 1.82) is 0 Å². The molecule has 0 unspecified atom stereocenters. The van der Waals surface area contributed by atoms with Crippen LogP contribution in [-0.4, -0.2) is 79.6 Å². The van der Waals surface area contributed by atoms with Crippen molar-refractivity contribution in [3.63, 3.8) is 0 Å². The Balaban J connectivity index is 1.77. The summed E-state index contributed by atoms with van der Waals surface area (Å²) in [6, 6.07) is 6.16. The standard InChI is InChI=1S/C23H34N4O3S/c1-17-5-6-18(2)21-20(17)15-19(22(28)25-21)16-27(23(31)24-7-4-12-29-3)9-8-26-10-13-30-14-11-26/h5-6,15H,4,7-14,16H2,1-3H3,(H,24,31)(H,25,28). The highest BCUT2D eigenvalue weighted by Crippen LogP contribution is 2.20. The van der Waals surface area contributed by atoms with Crippen molar-refractivity contribution in [2.24, 2.45) is 0 Å². The zero-order chi connectivity index (χ0) is 22.2. The molecule has 0 bridgehead atoms. The zero-order valence-electron chi connectivity index (χ0n) is 18.8. The Morgan fingerprint density at radius 2 is 2.03 bits per heavy atom. The van der Waals surface area contributed by atoms with Crippen molar-refractivity contribution in [3.05, 3.63) is 45.2 Å². The number of H-pyrrole nitrogens is 1. The number of aromatic nitrogens is 1. The summed E-state index contributed by atoms with van der Waals surface area (Å²) in [6.45, 7) is 11.0. The number of morpholine rings is 1. The van der Waals surface area contributed by atoms with E-state index < -0.39 is 0 Å². The molecule has 1 saturated heterocycles. The van der Waals surface area contributed by atoms with E-state index >= 15 is 0 Å². The Hall–Kier alpha value is -2.00. The number of thiocarbonyl (C=S) groups is 1. The van der Waals surface area contributed by atoms with Gasteiger partial charge in [0.2, 0.25) is 0 Å². The fraction of sp³-hybridized carbons (Fsp3) is 0.565. The third kappa shape index (κ3) is 6.49. The minimum atomic E-state index is -0.0558. The first-order valence-corrected chi connectivity index (χ1v) is 11.3. The Bertz CT molecular complexity index is 940. The first-order valence-electron chi connectivity index (χ1n) is 10.9. The van der Waals surface area contributed by atoms with Gasteiger partial charge in [0, 0.05) is 57.4 Å². The lowest BCUT2D eigenvalue weighted by atomic mass is 10.0. The third-order valence-electron chi connectivity index (χ3n) is 5.76. The fourth-order valence-electron chi connectivity index (χ4n) is 3.80. The number of fused-ring (bicyclic) bond motifs is 1. The van der Waals surface area contributed by atoms with E-state index in [4.69, 9.17) is 21.7 Å². The molecule has 1 aliphatic heterocycles. The number of aromatic amines is 1. The maximum absolute atomic E-state index is 12.9. The molecule has 2 N–H and O–H groups in total. The molecular formula is C23H34N4O3S. The average molecular weight is 447 g/mol. The molecule has 2 aromatic rings. The molecule has 0 saturated carbocycles. The van der Waals surface area contributed by atoms with E-state index in [9.17, 15) is 4.79 Å². The minimum Gasteiger partial charge on any atom is -0.385 e. The lowest BCUT2D eigenvalue weighted by Gasteiger charge is -2.31. The van der Waals surface area contributed by atoms with Crippen LogP contribution in [0, 0.1) is 13.8 Å². The molecule has 0 spiro atoms. The predicted molar refractivity (Wildman–Crippen MR) is 129 cm³/mol. The van der Waals surface area contributed by atoms with E-state index in [1.807, 2.05) is 19.1 Å². The van der Waals surface area contributed by atoms with Gasteiger partial charge in [-0.15, -0.1) is 0 Å². The molecule has 2 heterocycles. The van der Waals surface area contributed by atoms with E-state index in [-0.39, 0.29) is 5.56 Å². The SMILES string of the molecule is COCCCNC(=S)N(CCN1CCOCC1)Cc1cc2c(C)ccc(C)c2[nH]c1=O. The molecule has 1 aromatic heterocycles. The number of ether oxygens (including phenoxy) is 2. The number of rotatable bonds is 9. The Labute approximate surface area is 189 Å². The smallest absolute Gasteiger partial charge is 0.253 e. The predicted octanol–water partition coefficient (Wildman–Crippen LogP) is 2.19. The van der Waals surface area contributed by atoms with Crippen molar-refractivity contribution < 1.29 is 9.47 Å². The van der Waals surface area contributed by atoms with Gasteiger partial charge >= 0.3 is 0 Å². The highest BCUT2D eigenvalue weighted by molar-refractivity contribution is 7.80. The number of benzene rings is 1. The van der Waals surface area contributed by atoms with Crippen LogP contribution in [0.5, 0.6) is 0 Å². The topological polar surface area (TPSA) is 69.8 Å². The zero-order valence-corrected chi connectivity index (χ0v) is 19.6. The molecular weight excluding hydrogens is 412 g/mol. The van der Waals surface area contributed by atoms with Crippen molar-refractivity contribution in [1.82, 2.24) is 20.1 Å². The van der Waals surface area contributed by atoms with Gasteiger partial charge in [0.25, 0.3) is 5.56 Å². The number of hydrogen-bond donors (Lipinski definition) is 2. The Morgan fingerprint density at radius 3 is 2.77 bits per heavy atom. The molecule has 31 heavy (non-hydrogen) atoms. The minimum absolute atomic E-state index is 0.0558. The summed E-state index contributed by atoms with van der Waals surface area (Å²) in [4.78, 5) is 20.4. The summed E-state index contributed by atoms with van der Waals surface area (Å²) in [5.74, 6) is 0. The lowest BCUT2D eigenvalue weighted by molar-refractivity contribution is 0.0357. The summed E-state index contributed by atoms with van der Waals surface area (Å²) < 4.78 is 10.6. The third-order valence-corrected chi connectivity index (χ3v) is 6.16. The van der Waals surface area contributed by atoms with E-state index in [1.165, 1.54) is 0 Å². The van der Waals surface area contributed by atoms with Gasteiger partial charge in [-0.05, 0) is 49.7 Å². The highest BCUT2D eigenvalue weighted by Gasteiger charge is 2.17. The van der Waals surface area contributed by atoms with Crippen molar-refractivity contribution in [2.45, 2.75) is 26.8 Å². The van der Waals surface area contributed by atoms with Gasteiger partial charge in [0.1, 0.15) is 0 Å². The second kappa shape index (κ2) is 11.6. The largest absolute Gasteiger partial charge is 0.385 e. The normalized spacial score (nSPS) is 14.7. The van der Waals surface area contributed by atoms with E-state index in [0.717, 1.165) is 80.0 Å². The first-order chi connectivity index (χ1) is 15.0. The van der Waals surface area contributed by atoms with Gasteiger partial charge in [-0.25, -0.2) is 0 Å².